The molecule has 0 saturated heterocycles. The van der Waals surface area contributed by atoms with E-state index >= 15 is 0 Å². The van der Waals surface area contributed by atoms with Crippen LogP contribution in [0.4, 0.5) is 8.78 Å². The first-order chi connectivity index (χ1) is 9.58. The van der Waals surface area contributed by atoms with Gasteiger partial charge >= 0.3 is 0 Å². The lowest BCUT2D eigenvalue weighted by molar-refractivity contribution is 0.499. The van der Waals surface area contributed by atoms with Crippen LogP contribution in [0.3, 0.4) is 0 Å². The Morgan fingerprint density at radius 2 is 1.70 bits per heavy atom. The van der Waals surface area contributed by atoms with Gasteiger partial charge in [-0.3, -0.25) is 0 Å². The lowest BCUT2D eigenvalue weighted by atomic mass is 10.1. The Hall–Kier alpha value is -1.26. The molecule has 0 spiro atoms. The summed E-state index contributed by atoms with van der Waals surface area (Å²) in [5.41, 5.74) is 1.26. The smallest absolute Gasteiger partial charge is 0.129 e. The van der Waals surface area contributed by atoms with E-state index in [0.717, 1.165) is 10.0 Å². The summed E-state index contributed by atoms with van der Waals surface area (Å²) in [6, 6.07) is 11.8. The van der Waals surface area contributed by atoms with Gasteiger partial charge in [0, 0.05) is 22.6 Å². The van der Waals surface area contributed by atoms with Crippen molar-refractivity contribution in [2.24, 2.45) is 0 Å². The van der Waals surface area contributed by atoms with Gasteiger partial charge in [-0.1, -0.05) is 40.2 Å². The van der Waals surface area contributed by atoms with Gasteiger partial charge in [0.05, 0.1) is 0 Å². The van der Waals surface area contributed by atoms with E-state index in [4.69, 9.17) is 0 Å². The molecule has 0 bridgehead atoms. The highest BCUT2D eigenvalue weighted by molar-refractivity contribution is 9.10. The molecule has 1 atom stereocenters. The SMILES string of the molecule is CC(Cc1c(F)cccc1F)NCc1ccccc1Br. The Kier molecular flexibility index (Phi) is 5.26. The highest BCUT2D eigenvalue weighted by Crippen LogP contribution is 2.17. The quantitative estimate of drug-likeness (QED) is 0.848. The fraction of sp³-hybridized carbons (Fsp3) is 0.250. The Labute approximate surface area is 126 Å². The molecule has 0 aliphatic rings. The molecular weight excluding hydrogens is 324 g/mol. The average molecular weight is 340 g/mol. The van der Waals surface area contributed by atoms with E-state index in [1.807, 2.05) is 31.2 Å². The van der Waals surface area contributed by atoms with E-state index in [0.29, 0.717) is 13.0 Å². The van der Waals surface area contributed by atoms with Gasteiger partial charge in [0.1, 0.15) is 11.6 Å². The molecule has 106 valence electrons. The van der Waals surface area contributed by atoms with Crippen LogP contribution in [-0.4, -0.2) is 6.04 Å². The first-order valence-electron chi connectivity index (χ1n) is 6.47. The molecule has 0 radical (unpaired) electrons. The molecule has 0 amide bonds. The van der Waals surface area contributed by atoms with Crippen molar-refractivity contribution in [3.63, 3.8) is 0 Å². The summed E-state index contributed by atoms with van der Waals surface area (Å²) in [4.78, 5) is 0. The molecule has 0 aliphatic carbocycles. The summed E-state index contributed by atoms with van der Waals surface area (Å²) in [5, 5.41) is 3.28. The first kappa shape index (κ1) is 15.1. The number of halogens is 3. The summed E-state index contributed by atoms with van der Waals surface area (Å²) in [6.45, 7) is 2.57. The van der Waals surface area contributed by atoms with Crippen molar-refractivity contribution >= 4 is 15.9 Å². The molecule has 0 heterocycles. The average Bonchev–Trinajstić information content (AvgIpc) is 2.42. The molecule has 2 aromatic rings. The third-order valence-corrected chi connectivity index (χ3v) is 3.94. The van der Waals surface area contributed by atoms with Gasteiger partial charge in [-0.15, -0.1) is 0 Å². The molecule has 1 unspecified atom stereocenters. The minimum atomic E-state index is -0.487. The number of hydrogen-bond acceptors (Lipinski definition) is 1. The third kappa shape index (κ3) is 3.87. The highest BCUT2D eigenvalue weighted by Gasteiger charge is 2.12. The van der Waals surface area contributed by atoms with Gasteiger partial charge < -0.3 is 5.32 Å². The standard InChI is InChI=1S/C16H16BrF2N/c1-11(9-13-15(18)7-4-8-16(13)19)20-10-12-5-2-3-6-14(12)17/h2-8,11,20H,9-10H2,1H3. The molecule has 1 N–H and O–H groups in total. The van der Waals surface area contributed by atoms with Crippen molar-refractivity contribution in [2.45, 2.75) is 25.9 Å². The summed E-state index contributed by atoms with van der Waals surface area (Å²) in [7, 11) is 0. The van der Waals surface area contributed by atoms with Crippen LogP contribution < -0.4 is 5.32 Å². The summed E-state index contributed by atoms with van der Waals surface area (Å²) in [6.07, 6.45) is 0.322. The van der Waals surface area contributed by atoms with Crippen molar-refractivity contribution in [3.05, 3.63) is 69.7 Å². The van der Waals surface area contributed by atoms with Gasteiger partial charge in [-0.05, 0) is 37.1 Å². The van der Waals surface area contributed by atoms with Crippen LogP contribution in [0.5, 0.6) is 0 Å². The van der Waals surface area contributed by atoms with E-state index in [2.05, 4.69) is 21.2 Å². The summed E-state index contributed by atoms with van der Waals surface area (Å²) < 4.78 is 28.2. The molecule has 0 fully saturated rings. The lowest BCUT2D eigenvalue weighted by Crippen LogP contribution is -2.28. The van der Waals surface area contributed by atoms with Crippen molar-refractivity contribution in [2.75, 3.05) is 0 Å². The molecule has 0 saturated carbocycles. The van der Waals surface area contributed by atoms with Gasteiger partial charge in [0.15, 0.2) is 0 Å². The molecule has 1 nitrogen and oxygen atoms in total. The Morgan fingerprint density at radius 1 is 1.05 bits per heavy atom. The van der Waals surface area contributed by atoms with Crippen LogP contribution in [0.15, 0.2) is 46.9 Å². The van der Waals surface area contributed by atoms with Crippen LogP contribution in [0, 0.1) is 11.6 Å². The zero-order valence-corrected chi connectivity index (χ0v) is 12.8. The predicted octanol–water partition coefficient (Wildman–Crippen LogP) is 4.45. The van der Waals surface area contributed by atoms with Gasteiger partial charge in [-0.25, -0.2) is 8.78 Å². The number of nitrogens with one attached hydrogen (secondary N) is 1. The molecule has 2 rings (SSSR count). The van der Waals surface area contributed by atoms with Crippen LogP contribution in [0.1, 0.15) is 18.1 Å². The maximum Gasteiger partial charge on any atom is 0.129 e. The molecule has 2 aromatic carbocycles. The topological polar surface area (TPSA) is 12.0 Å². The number of rotatable bonds is 5. The molecule has 4 heteroatoms. The molecule has 0 aromatic heterocycles. The third-order valence-electron chi connectivity index (χ3n) is 3.17. The highest BCUT2D eigenvalue weighted by atomic mass is 79.9. The van der Waals surface area contributed by atoms with Crippen molar-refractivity contribution in [3.8, 4) is 0 Å². The second-order valence-electron chi connectivity index (χ2n) is 4.78. The van der Waals surface area contributed by atoms with Crippen molar-refractivity contribution < 1.29 is 8.78 Å². The maximum atomic E-state index is 13.6. The maximum absolute atomic E-state index is 13.6. The largest absolute Gasteiger partial charge is 0.310 e. The van der Waals surface area contributed by atoms with E-state index in [1.165, 1.54) is 18.2 Å². The fourth-order valence-corrected chi connectivity index (χ4v) is 2.46. The van der Waals surface area contributed by atoms with Gasteiger partial charge in [0.25, 0.3) is 0 Å². The molecule has 0 aliphatic heterocycles. The van der Waals surface area contributed by atoms with E-state index < -0.39 is 11.6 Å². The summed E-state index contributed by atoms with van der Waals surface area (Å²) >= 11 is 3.48. The Bertz CT molecular complexity index is 566. The minimum absolute atomic E-state index is 0.0199. The zero-order chi connectivity index (χ0) is 14.5. The van der Waals surface area contributed by atoms with E-state index in [-0.39, 0.29) is 11.6 Å². The van der Waals surface area contributed by atoms with Crippen LogP contribution in [0.25, 0.3) is 0 Å². The Balaban J connectivity index is 1.96. The van der Waals surface area contributed by atoms with Gasteiger partial charge in [0.2, 0.25) is 0 Å². The predicted molar refractivity (Wildman–Crippen MR) is 80.5 cm³/mol. The van der Waals surface area contributed by atoms with Crippen molar-refractivity contribution in [1.82, 2.24) is 5.32 Å². The van der Waals surface area contributed by atoms with Crippen LogP contribution in [-0.2, 0) is 13.0 Å². The minimum Gasteiger partial charge on any atom is -0.310 e. The molecule has 20 heavy (non-hydrogen) atoms. The van der Waals surface area contributed by atoms with E-state index in [1.54, 1.807) is 0 Å². The Morgan fingerprint density at radius 3 is 2.35 bits per heavy atom. The van der Waals surface area contributed by atoms with Crippen molar-refractivity contribution in [1.29, 1.82) is 0 Å². The fourth-order valence-electron chi connectivity index (χ4n) is 2.03. The first-order valence-corrected chi connectivity index (χ1v) is 7.27. The van der Waals surface area contributed by atoms with Gasteiger partial charge in [-0.2, -0.15) is 0 Å². The number of hydrogen-bond donors (Lipinski definition) is 1. The van der Waals surface area contributed by atoms with E-state index in [9.17, 15) is 8.78 Å². The van der Waals surface area contributed by atoms with Crippen LogP contribution >= 0.6 is 15.9 Å². The second kappa shape index (κ2) is 6.95. The molecular formula is C16H16BrF2N. The second-order valence-corrected chi connectivity index (χ2v) is 5.63. The van der Waals surface area contributed by atoms with Crippen LogP contribution in [0.2, 0.25) is 0 Å². The lowest BCUT2D eigenvalue weighted by Gasteiger charge is -2.15. The summed E-state index contributed by atoms with van der Waals surface area (Å²) in [5.74, 6) is -0.973. The zero-order valence-electron chi connectivity index (χ0n) is 11.2. The number of benzene rings is 2. The normalized spacial score (nSPS) is 12.4. The monoisotopic (exact) mass is 339 g/mol.